The maximum atomic E-state index is 12.6. The molecule has 5 heteroatoms. The lowest BCUT2D eigenvalue weighted by molar-refractivity contribution is -0.121. The third-order valence-electron chi connectivity index (χ3n) is 2.86. The van der Waals surface area contributed by atoms with Gasteiger partial charge in [-0.05, 0) is 38.4 Å². The van der Waals surface area contributed by atoms with E-state index in [0.29, 0.717) is 5.69 Å². The van der Waals surface area contributed by atoms with Crippen molar-refractivity contribution in [2.24, 2.45) is 0 Å². The van der Waals surface area contributed by atoms with E-state index in [4.69, 9.17) is 0 Å². The van der Waals surface area contributed by atoms with Crippen molar-refractivity contribution in [2.45, 2.75) is 25.3 Å². The van der Waals surface area contributed by atoms with E-state index in [2.05, 4.69) is 15.6 Å². The Labute approximate surface area is 93.3 Å². The van der Waals surface area contributed by atoms with E-state index >= 15 is 0 Å². The second-order valence-electron chi connectivity index (χ2n) is 4.19. The van der Waals surface area contributed by atoms with Crippen LogP contribution in [0.15, 0.2) is 18.3 Å². The highest BCUT2D eigenvalue weighted by Crippen LogP contribution is 2.20. The molecule has 0 bridgehead atoms. The second-order valence-corrected chi connectivity index (χ2v) is 4.19. The monoisotopic (exact) mass is 223 g/mol. The molecule has 1 atom stereocenters. The van der Waals surface area contributed by atoms with E-state index < -0.39 is 11.5 Å². The molecule has 2 rings (SSSR count). The molecule has 1 aromatic rings. The Morgan fingerprint density at radius 2 is 2.44 bits per heavy atom. The van der Waals surface area contributed by atoms with Gasteiger partial charge < -0.3 is 10.6 Å². The zero-order valence-electron chi connectivity index (χ0n) is 9.09. The summed E-state index contributed by atoms with van der Waals surface area (Å²) in [6, 6.07) is 2.72. The number of hydrogen-bond donors (Lipinski definition) is 2. The summed E-state index contributed by atoms with van der Waals surface area (Å²) in [6.07, 6.45) is 3.12. The van der Waals surface area contributed by atoms with Gasteiger partial charge in [0.1, 0.15) is 0 Å². The van der Waals surface area contributed by atoms with Crippen molar-refractivity contribution >= 4 is 11.6 Å². The van der Waals surface area contributed by atoms with Crippen LogP contribution in [0.2, 0.25) is 0 Å². The van der Waals surface area contributed by atoms with E-state index in [9.17, 15) is 9.18 Å². The van der Waals surface area contributed by atoms with Crippen molar-refractivity contribution in [1.82, 2.24) is 10.3 Å². The summed E-state index contributed by atoms with van der Waals surface area (Å²) in [5.41, 5.74) is -0.00434. The normalized spacial score (nSPS) is 24.4. The minimum atomic E-state index is -0.553. The summed E-state index contributed by atoms with van der Waals surface area (Å²) >= 11 is 0. The van der Waals surface area contributed by atoms with Gasteiger partial charge in [0.05, 0.1) is 17.4 Å². The van der Waals surface area contributed by atoms with Crippen LogP contribution in [0, 0.1) is 5.95 Å². The molecule has 1 amide bonds. The Bertz CT molecular complexity index is 385. The Balaban J connectivity index is 2.04. The minimum absolute atomic E-state index is 0.0987. The van der Waals surface area contributed by atoms with Crippen LogP contribution in [-0.4, -0.2) is 23.0 Å². The number of carbonyl (C=O) groups is 1. The first kappa shape index (κ1) is 11.0. The molecular weight excluding hydrogens is 209 g/mol. The number of rotatable bonds is 2. The van der Waals surface area contributed by atoms with Crippen LogP contribution < -0.4 is 10.6 Å². The van der Waals surface area contributed by atoms with Crippen molar-refractivity contribution in [2.75, 3.05) is 11.9 Å². The molecular formula is C11H14FN3O. The SMILES string of the molecule is CC1(C(=O)Nc2ccc(F)nc2)CCCN1. The first-order chi connectivity index (χ1) is 7.60. The predicted octanol–water partition coefficient (Wildman–Crippen LogP) is 1.30. The van der Waals surface area contributed by atoms with Gasteiger partial charge in [0.15, 0.2) is 0 Å². The van der Waals surface area contributed by atoms with Gasteiger partial charge >= 0.3 is 0 Å². The first-order valence-corrected chi connectivity index (χ1v) is 5.28. The van der Waals surface area contributed by atoms with Crippen LogP contribution in [0.25, 0.3) is 0 Å². The van der Waals surface area contributed by atoms with E-state index in [1.807, 2.05) is 6.92 Å². The number of carbonyl (C=O) groups excluding carboxylic acids is 1. The molecule has 1 aromatic heterocycles. The fraction of sp³-hybridized carbons (Fsp3) is 0.455. The summed E-state index contributed by atoms with van der Waals surface area (Å²) < 4.78 is 12.6. The Hall–Kier alpha value is -1.49. The van der Waals surface area contributed by atoms with Gasteiger partial charge in [-0.2, -0.15) is 4.39 Å². The lowest BCUT2D eigenvalue weighted by atomic mass is 9.99. The topological polar surface area (TPSA) is 54.0 Å². The average molecular weight is 223 g/mol. The Morgan fingerprint density at radius 3 is 3.00 bits per heavy atom. The number of amides is 1. The molecule has 0 radical (unpaired) electrons. The van der Waals surface area contributed by atoms with E-state index in [-0.39, 0.29) is 5.91 Å². The highest BCUT2D eigenvalue weighted by Gasteiger charge is 2.35. The zero-order chi connectivity index (χ0) is 11.6. The van der Waals surface area contributed by atoms with Crippen LogP contribution in [0.3, 0.4) is 0 Å². The van der Waals surface area contributed by atoms with E-state index in [1.165, 1.54) is 18.3 Å². The number of hydrogen-bond acceptors (Lipinski definition) is 3. The minimum Gasteiger partial charge on any atom is -0.323 e. The second kappa shape index (κ2) is 4.17. The van der Waals surface area contributed by atoms with Crippen molar-refractivity contribution in [1.29, 1.82) is 0 Å². The molecule has 2 N–H and O–H groups in total. The van der Waals surface area contributed by atoms with Crippen LogP contribution in [0.4, 0.5) is 10.1 Å². The summed E-state index contributed by atoms with van der Waals surface area (Å²) in [4.78, 5) is 15.4. The summed E-state index contributed by atoms with van der Waals surface area (Å²) in [6.45, 7) is 2.72. The molecule has 1 aliphatic heterocycles. The third-order valence-corrected chi connectivity index (χ3v) is 2.86. The predicted molar refractivity (Wildman–Crippen MR) is 58.5 cm³/mol. The molecule has 0 spiro atoms. The van der Waals surface area contributed by atoms with E-state index in [1.54, 1.807) is 0 Å². The molecule has 0 aromatic carbocycles. The van der Waals surface area contributed by atoms with Crippen molar-refractivity contribution < 1.29 is 9.18 Å². The number of anilines is 1. The molecule has 2 heterocycles. The molecule has 1 aliphatic rings. The Morgan fingerprint density at radius 1 is 1.62 bits per heavy atom. The lowest BCUT2D eigenvalue weighted by Crippen LogP contribution is -2.47. The van der Waals surface area contributed by atoms with Crippen LogP contribution >= 0.6 is 0 Å². The third kappa shape index (κ3) is 2.19. The number of pyridine rings is 1. The number of halogens is 1. The van der Waals surface area contributed by atoms with Gasteiger partial charge in [0, 0.05) is 0 Å². The van der Waals surface area contributed by atoms with Gasteiger partial charge in [-0.15, -0.1) is 0 Å². The molecule has 4 nitrogen and oxygen atoms in total. The highest BCUT2D eigenvalue weighted by molar-refractivity contribution is 5.97. The average Bonchev–Trinajstić information content (AvgIpc) is 2.70. The quantitative estimate of drug-likeness (QED) is 0.743. The summed E-state index contributed by atoms with van der Waals surface area (Å²) in [5, 5.41) is 5.88. The number of nitrogens with zero attached hydrogens (tertiary/aromatic N) is 1. The summed E-state index contributed by atoms with van der Waals surface area (Å²) in [5.74, 6) is -0.651. The lowest BCUT2D eigenvalue weighted by Gasteiger charge is -2.22. The zero-order valence-corrected chi connectivity index (χ0v) is 9.09. The molecule has 16 heavy (non-hydrogen) atoms. The van der Waals surface area contributed by atoms with Crippen molar-refractivity contribution in [3.63, 3.8) is 0 Å². The van der Waals surface area contributed by atoms with Gasteiger partial charge in [-0.3, -0.25) is 4.79 Å². The maximum Gasteiger partial charge on any atom is 0.244 e. The number of nitrogens with one attached hydrogen (secondary N) is 2. The van der Waals surface area contributed by atoms with Gasteiger partial charge in [-0.25, -0.2) is 4.98 Å². The number of aromatic nitrogens is 1. The van der Waals surface area contributed by atoms with Crippen molar-refractivity contribution in [3.8, 4) is 0 Å². The van der Waals surface area contributed by atoms with Crippen LogP contribution in [-0.2, 0) is 4.79 Å². The summed E-state index contributed by atoms with van der Waals surface area (Å²) in [7, 11) is 0. The van der Waals surface area contributed by atoms with E-state index in [0.717, 1.165) is 19.4 Å². The molecule has 0 saturated carbocycles. The maximum absolute atomic E-state index is 12.6. The smallest absolute Gasteiger partial charge is 0.244 e. The van der Waals surface area contributed by atoms with Gasteiger partial charge in [0.25, 0.3) is 0 Å². The highest BCUT2D eigenvalue weighted by atomic mass is 19.1. The molecule has 1 fully saturated rings. The fourth-order valence-corrected chi connectivity index (χ4v) is 1.81. The van der Waals surface area contributed by atoms with Crippen LogP contribution in [0.1, 0.15) is 19.8 Å². The fourth-order valence-electron chi connectivity index (χ4n) is 1.81. The molecule has 1 unspecified atom stereocenters. The largest absolute Gasteiger partial charge is 0.323 e. The molecule has 86 valence electrons. The van der Waals surface area contributed by atoms with Gasteiger partial charge in [-0.1, -0.05) is 0 Å². The molecule has 0 aliphatic carbocycles. The molecule has 1 saturated heterocycles. The van der Waals surface area contributed by atoms with Gasteiger partial charge in [0.2, 0.25) is 11.9 Å². The standard InChI is InChI=1S/C11H14FN3O/c1-11(5-2-6-14-11)10(16)15-8-3-4-9(12)13-7-8/h3-4,7,14H,2,5-6H2,1H3,(H,15,16). The first-order valence-electron chi connectivity index (χ1n) is 5.28. The van der Waals surface area contributed by atoms with Crippen LogP contribution in [0.5, 0.6) is 0 Å². The Kier molecular flexibility index (Phi) is 2.87. The van der Waals surface area contributed by atoms with Crippen molar-refractivity contribution in [3.05, 3.63) is 24.3 Å².